The zero-order valence-electron chi connectivity index (χ0n) is 29.7. The van der Waals surface area contributed by atoms with E-state index in [9.17, 15) is 9.59 Å². The molecule has 0 N–H and O–H groups in total. The molecule has 0 aliphatic rings. The molecule has 50 heavy (non-hydrogen) atoms. The smallest absolute Gasteiger partial charge is 0.150 e. The van der Waals surface area contributed by atoms with E-state index in [1.54, 1.807) is 24.3 Å². The molecule has 0 atom stereocenters. The van der Waals surface area contributed by atoms with Crippen LogP contribution in [0.3, 0.4) is 0 Å². The fourth-order valence-corrected chi connectivity index (χ4v) is 5.25. The van der Waals surface area contributed by atoms with Gasteiger partial charge in [0.2, 0.25) is 0 Å². The van der Waals surface area contributed by atoms with Crippen molar-refractivity contribution in [2.75, 3.05) is 0 Å². The molecule has 0 bridgehead atoms. The van der Waals surface area contributed by atoms with Crippen molar-refractivity contribution in [1.29, 1.82) is 0 Å². The predicted molar refractivity (Wildman–Crippen MR) is 210 cm³/mol. The number of carbonyl (C=O) groups excluding carboxylic acids is 2. The molecule has 0 aliphatic carbocycles. The lowest BCUT2D eigenvalue weighted by molar-refractivity contribution is 0.111. The summed E-state index contributed by atoms with van der Waals surface area (Å²) in [4.78, 5) is 22.4. The summed E-state index contributed by atoms with van der Waals surface area (Å²) in [6.07, 6.45) is 10.1. The van der Waals surface area contributed by atoms with Crippen LogP contribution in [0.25, 0.3) is 24.3 Å². The lowest BCUT2D eigenvalue weighted by Gasteiger charge is -2.18. The molecule has 5 rings (SSSR count). The SMILES string of the molecule is CC(C)(C)c1ccc(/C=C/c2cc(C#Cc3ccc(C=O)cc3)c(/C=C/c3ccc(C(C)(C)C)cc3)cc2C#Cc2ccc(C=O)cc2)cc1. The molecule has 5 aromatic rings. The topological polar surface area (TPSA) is 34.1 Å². The van der Waals surface area contributed by atoms with Crippen molar-refractivity contribution in [3.8, 4) is 23.7 Å². The molecule has 0 fully saturated rings. The Bertz CT molecular complexity index is 1990. The van der Waals surface area contributed by atoms with Crippen LogP contribution in [0.15, 0.2) is 109 Å². The van der Waals surface area contributed by atoms with Crippen molar-refractivity contribution in [2.45, 2.75) is 52.4 Å². The zero-order chi connectivity index (χ0) is 35.7. The molecular formula is C48H42O2. The van der Waals surface area contributed by atoms with E-state index in [1.165, 1.54) is 11.1 Å². The quantitative estimate of drug-likeness (QED) is 0.104. The number of hydrogen-bond donors (Lipinski definition) is 0. The monoisotopic (exact) mass is 650 g/mol. The maximum Gasteiger partial charge on any atom is 0.150 e. The van der Waals surface area contributed by atoms with Crippen molar-refractivity contribution < 1.29 is 9.59 Å². The van der Waals surface area contributed by atoms with Gasteiger partial charge in [-0.25, -0.2) is 0 Å². The predicted octanol–water partition coefficient (Wildman–Crippen LogP) is 11.0. The summed E-state index contributed by atoms with van der Waals surface area (Å²) in [7, 11) is 0. The van der Waals surface area contributed by atoms with Gasteiger partial charge in [-0.3, -0.25) is 9.59 Å². The normalized spacial score (nSPS) is 11.5. The number of rotatable bonds is 6. The molecule has 5 aromatic carbocycles. The molecule has 0 saturated carbocycles. The Morgan fingerprint density at radius 2 is 0.720 bits per heavy atom. The lowest BCUT2D eigenvalue weighted by atomic mass is 9.86. The van der Waals surface area contributed by atoms with Crippen molar-refractivity contribution in [3.63, 3.8) is 0 Å². The Labute approximate surface area is 297 Å². The Morgan fingerprint density at radius 3 is 1.02 bits per heavy atom. The van der Waals surface area contributed by atoms with Gasteiger partial charge in [0, 0.05) is 33.4 Å². The first-order valence-electron chi connectivity index (χ1n) is 16.8. The molecular weight excluding hydrogens is 609 g/mol. The third-order valence-corrected chi connectivity index (χ3v) is 8.46. The van der Waals surface area contributed by atoms with Crippen LogP contribution in [-0.4, -0.2) is 12.6 Å². The van der Waals surface area contributed by atoms with Gasteiger partial charge >= 0.3 is 0 Å². The van der Waals surface area contributed by atoms with E-state index in [0.29, 0.717) is 11.1 Å². The Balaban J connectivity index is 1.62. The van der Waals surface area contributed by atoms with Crippen molar-refractivity contribution in [2.24, 2.45) is 0 Å². The van der Waals surface area contributed by atoms with Gasteiger partial charge in [0.05, 0.1) is 0 Å². The molecule has 0 unspecified atom stereocenters. The second-order valence-corrected chi connectivity index (χ2v) is 14.4. The van der Waals surface area contributed by atoms with Gasteiger partial charge in [-0.2, -0.15) is 0 Å². The number of benzene rings is 5. The number of carbonyl (C=O) groups is 2. The highest BCUT2D eigenvalue weighted by Crippen LogP contribution is 2.26. The fraction of sp³-hybridized carbons (Fsp3) is 0.167. The average molecular weight is 651 g/mol. The van der Waals surface area contributed by atoms with Crippen LogP contribution in [0.1, 0.15) is 118 Å². The van der Waals surface area contributed by atoms with Gasteiger partial charge in [0.25, 0.3) is 0 Å². The summed E-state index contributed by atoms with van der Waals surface area (Å²) in [6.45, 7) is 13.3. The van der Waals surface area contributed by atoms with E-state index < -0.39 is 0 Å². The molecule has 0 aliphatic heterocycles. The van der Waals surface area contributed by atoms with Gasteiger partial charge in [-0.15, -0.1) is 0 Å². The molecule has 0 saturated heterocycles. The van der Waals surface area contributed by atoms with Crippen molar-refractivity contribution >= 4 is 36.9 Å². The van der Waals surface area contributed by atoms with Gasteiger partial charge < -0.3 is 0 Å². The van der Waals surface area contributed by atoms with Crippen molar-refractivity contribution in [1.82, 2.24) is 0 Å². The van der Waals surface area contributed by atoms with Crippen LogP contribution in [0, 0.1) is 23.7 Å². The van der Waals surface area contributed by atoms with Gasteiger partial charge in [-0.1, -0.05) is 162 Å². The maximum atomic E-state index is 11.2. The highest BCUT2D eigenvalue weighted by Gasteiger charge is 2.13. The minimum Gasteiger partial charge on any atom is -0.298 e. The van der Waals surface area contributed by atoms with E-state index in [-0.39, 0.29) is 10.8 Å². The Kier molecular flexibility index (Phi) is 11.0. The molecule has 2 heteroatoms. The largest absolute Gasteiger partial charge is 0.298 e. The summed E-state index contributed by atoms with van der Waals surface area (Å²) < 4.78 is 0. The number of hydrogen-bond acceptors (Lipinski definition) is 2. The molecule has 0 aromatic heterocycles. The first-order valence-corrected chi connectivity index (χ1v) is 16.8. The molecule has 0 amide bonds. The zero-order valence-corrected chi connectivity index (χ0v) is 29.7. The van der Waals surface area contributed by atoms with Crippen LogP contribution in [0.5, 0.6) is 0 Å². The summed E-state index contributed by atoms with van der Waals surface area (Å²) in [5.74, 6) is 13.4. The molecule has 0 spiro atoms. The van der Waals surface area contributed by atoms with Gasteiger partial charge in [-0.05, 0) is 80.6 Å². The maximum absolute atomic E-state index is 11.2. The van der Waals surface area contributed by atoms with Crippen LogP contribution < -0.4 is 0 Å². The van der Waals surface area contributed by atoms with Gasteiger partial charge in [0.1, 0.15) is 12.6 Å². The highest BCUT2D eigenvalue weighted by atomic mass is 16.1. The van der Waals surface area contributed by atoms with E-state index in [2.05, 4.69) is 150 Å². The summed E-state index contributed by atoms with van der Waals surface area (Å²) in [5, 5.41) is 0. The van der Waals surface area contributed by atoms with Crippen LogP contribution in [-0.2, 0) is 10.8 Å². The lowest BCUT2D eigenvalue weighted by Crippen LogP contribution is -2.10. The second-order valence-electron chi connectivity index (χ2n) is 14.4. The van der Waals surface area contributed by atoms with Crippen LogP contribution in [0.4, 0.5) is 0 Å². The molecule has 0 heterocycles. The fourth-order valence-electron chi connectivity index (χ4n) is 5.25. The first-order chi connectivity index (χ1) is 23.9. The van der Waals surface area contributed by atoms with E-state index in [0.717, 1.165) is 57.1 Å². The minimum absolute atomic E-state index is 0.0774. The molecule has 0 radical (unpaired) electrons. The summed E-state index contributed by atoms with van der Waals surface area (Å²) in [6, 6.07) is 36.0. The summed E-state index contributed by atoms with van der Waals surface area (Å²) >= 11 is 0. The Hall–Kier alpha value is -5.96. The van der Waals surface area contributed by atoms with Crippen molar-refractivity contribution in [3.05, 3.63) is 176 Å². The third kappa shape index (κ3) is 9.56. The summed E-state index contributed by atoms with van der Waals surface area (Å²) in [5.41, 5.74) is 11.4. The van der Waals surface area contributed by atoms with Crippen LogP contribution in [0.2, 0.25) is 0 Å². The molecule has 2 nitrogen and oxygen atoms in total. The minimum atomic E-state index is 0.0774. The van der Waals surface area contributed by atoms with E-state index >= 15 is 0 Å². The highest BCUT2D eigenvalue weighted by molar-refractivity contribution is 5.80. The number of aldehydes is 2. The van der Waals surface area contributed by atoms with E-state index in [4.69, 9.17) is 0 Å². The van der Waals surface area contributed by atoms with Crippen LogP contribution >= 0.6 is 0 Å². The third-order valence-electron chi connectivity index (χ3n) is 8.46. The second kappa shape index (κ2) is 15.5. The van der Waals surface area contributed by atoms with E-state index in [1.807, 2.05) is 24.3 Å². The Morgan fingerprint density at radius 1 is 0.400 bits per heavy atom. The standard InChI is InChI=1S/C48H42O2/c1-47(2,3)45-27-19-37(20-28-45)17-25-43-31-42(24-16-36-9-13-40(34-50)14-10-36)44(26-18-38-21-29-46(30-22-38)48(4,5)6)32-41(43)23-15-35-7-11-39(33-49)12-8-35/h7-14,17-22,25-34H,1-6H3/b25-17+,26-18+. The average Bonchev–Trinajstić information content (AvgIpc) is 3.11. The van der Waals surface area contributed by atoms with Gasteiger partial charge in [0.15, 0.2) is 0 Å². The first kappa shape index (κ1) is 35.3. The molecule has 246 valence electrons.